The van der Waals surface area contributed by atoms with Gasteiger partial charge in [0.1, 0.15) is 6.10 Å². The van der Waals surface area contributed by atoms with Crippen LogP contribution in [0.3, 0.4) is 0 Å². The molecule has 0 heterocycles. The van der Waals surface area contributed by atoms with E-state index in [9.17, 15) is 4.79 Å². The van der Waals surface area contributed by atoms with Crippen molar-refractivity contribution in [3.8, 4) is 0 Å². The van der Waals surface area contributed by atoms with Crippen LogP contribution in [-0.2, 0) is 18.4 Å². The molecule has 0 bridgehead atoms. The summed E-state index contributed by atoms with van der Waals surface area (Å²) in [4.78, 5) is 11.9. The first-order chi connectivity index (χ1) is 9.20. The van der Waals surface area contributed by atoms with Crippen molar-refractivity contribution in [3.05, 3.63) is 12.2 Å². The fourth-order valence-electron chi connectivity index (χ4n) is 2.16. The number of hydrogen-bond donors (Lipinski definition) is 0. The normalized spacial score (nSPS) is 14.9. The molecule has 7 heteroatoms. The average Bonchev–Trinajstić information content (AvgIpc) is 2.19. The molecule has 1 unspecified atom stereocenters. The van der Waals surface area contributed by atoms with E-state index in [0.717, 1.165) is 0 Å². The van der Waals surface area contributed by atoms with E-state index in [-0.39, 0.29) is 12.1 Å². The molecule has 0 N–H and O–H groups in total. The summed E-state index contributed by atoms with van der Waals surface area (Å²) in [5.74, 6) is -0.375. The molecule has 4 nitrogen and oxygen atoms in total. The zero-order chi connectivity index (χ0) is 17.1. The second-order valence-electron chi connectivity index (χ2n) is 7.53. The molecule has 0 aromatic rings. The number of hydrogen-bond acceptors (Lipinski definition) is 4. The van der Waals surface area contributed by atoms with Crippen LogP contribution in [-0.4, -0.2) is 44.4 Å². The lowest BCUT2D eigenvalue weighted by Crippen LogP contribution is -2.58. The van der Waals surface area contributed by atoms with Gasteiger partial charge < -0.3 is 13.6 Å². The maximum atomic E-state index is 11.9. The van der Waals surface area contributed by atoms with E-state index in [1.54, 1.807) is 6.92 Å². The molecule has 0 aliphatic heterocycles. The summed E-state index contributed by atoms with van der Waals surface area (Å²) < 4.78 is 18.3. The van der Waals surface area contributed by atoms with E-state index in [0.29, 0.717) is 22.2 Å². The first-order valence-corrected chi connectivity index (χ1v) is 15.3. The molecule has 0 aliphatic rings. The highest BCUT2D eigenvalue weighted by atomic mass is 28.4. The maximum absolute atomic E-state index is 11.9. The highest BCUT2D eigenvalue weighted by molar-refractivity contribution is 6.71. The molecular weight excluding hydrogens is 316 g/mol. The third kappa shape index (κ3) is 8.10. The minimum Gasteiger partial charge on any atom is -0.454 e. The summed E-state index contributed by atoms with van der Waals surface area (Å²) >= 11 is 0. The standard InChI is InChI=1S/C14H32O4Si3/c1-10-12(16-13(15)11(2)3)14(19,17-20(4,5)6)18-21(7,8)9/h12H,2,10H2,1,3-9,19H3. The largest absolute Gasteiger partial charge is 0.454 e. The van der Waals surface area contributed by atoms with Gasteiger partial charge in [-0.3, -0.25) is 0 Å². The molecule has 124 valence electrons. The molecule has 21 heavy (non-hydrogen) atoms. The van der Waals surface area contributed by atoms with Gasteiger partial charge in [-0.25, -0.2) is 4.79 Å². The Morgan fingerprint density at radius 3 is 1.76 bits per heavy atom. The summed E-state index contributed by atoms with van der Waals surface area (Å²) in [6.45, 7) is 20.0. The number of rotatable bonds is 8. The Labute approximate surface area is 134 Å². The molecule has 0 saturated heterocycles. The van der Waals surface area contributed by atoms with Gasteiger partial charge in [-0.2, -0.15) is 0 Å². The van der Waals surface area contributed by atoms with Gasteiger partial charge in [0, 0.05) is 5.57 Å². The van der Waals surface area contributed by atoms with E-state index >= 15 is 0 Å². The predicted octanol–water partition coefficient (Wildman–Crippen LogP) is 2.61. The molecule has 0 fully saturated rings. The van der Waals surface area contributed by atoms with Crippen LogP contribution in [0.2, 0.25) is 39.3 Å². The van der Waals surface area contributed by atoms with E-state index in [1.807, 2.05) is 6.92 Å². The van der Waals surface area contributed by atoms with E-state index < -0.39 is 22.0 Å². The minimum atomic E-state index is -1.83. The van der Waals surface area contributed by atoms with Gasteiger partial charge in [-0.1, -0.05) is 13.5 Å². The molecule has 0 spiro atoms. The summed E-state index contributed by atoms with van der Waals surface area (Å²) in [7, 11) is -3.02. The number of carbonyl (C=O) groups excluding carboxylic acids is 1. The first-order valence-electron chi connectivity index (χ1n) is 7.47. The van der Waals surface area contributed by atoms with Gasteiger partial charge in [0.25, 0.3) is 0 Å². The third-order valence-electron chi connectivity index (χ3n) is 2.57. The van der Waals surface area contributed by atoms with Gasteiger partial charge in [0.05, 0.1) is 10.2 Å². The SMILES string of the molecule is C=C(C)C(=O)OC(CC)C([SiH3])(O[Si](C)(C)C)O[Si](C)(C)C. The Morgan fingerprint density at radius 2 is 1.52 bits per heavy atom. The highest BCUT2D eigenvalue weighted by Crippen LogP contribution is 2.28. The van der Waals surface area contributed by atoms with Crippen LogP contribution in [0.15, 0.2) is 12.2 Å². The quantitative estimate of drug-likeness (QED) is 0.293. The van der Waals surface area contributed by atoms with Crippen molar-refractivity contribution in [2.45, 2.75) is 71.1 Å². The van der Waals surface area contributed by atoms with E-state index in [4.69, 9.17) is 13.6 Å². The smallest absolute Gasteiger partial charge is 0.333 e. The van der Waals surface area contributed by atoms with Crippen molar-refractivity contribution in [1.82, 2.24) is 0 Å². The van der Waals surface area contributed by atoms with E-state index in [1.165, 1.54) is 0 Å². The predicted molar refractivity (Wildman–Crippen MR) is 96.5 cm³/mol. The zero-order valence-corrected chi connectivity index (χ0v) is 19.1. The number of carbonyl (C=O) groups is 1. The van der Waals surface area contributed by atoms with Gasteiger partial charge in [0.15, 0.2) is 22.0 Å². The lowest BCUT2D eigenvalue weighted by molar-refractivity contribution is -0.176. The van der Waals surface area contributed by atoms with Crippen LogP contribution in [0.25, 0.3) is 0 Å². The van der Waals surface area contributed by atoms with Crippen molar-refractivity contribution < 1.29 is 18.4 Å². The van der Waals surface area contributed by atoms with Crippen LogP contribution in [0.1, 0.15) is 20.3 Å². The van der Waals surface area contributed by atoms with Crippen LogP contribution in [0.4, 0.5) is 0 Å². The number of ether oxygens (including phenoxy) is 1. The second kappa shape index (κ2) is 7.36. The molecule has 0 aliphatic carbocycles. The summed E-state index contributed by atoms with van der Waals surface area (Å²) in [5, 5.41) is 0. The first kappa shape index (κ1) is 20.8. The zero-order valence-electron chi connectivity index (χ0n) is 15.1. The van der Waals surface area contributed by atoms with Crippen LogP contribution in [0.5, 0.6) is 0 Å². The molecule has 0 amide bonds. The monoisotopic (exact) mass is 348 g/mol. The molecular formula is C14H32O4Si3. The Morgan fingerprint density at radius 1 is 1.14 bits per heavy atom. The van der Waals surface area contributed by atoms with Crippen molar-refractivity contribution in [2.24, 2.45) is 0 Å². The highest BCUT2D eigenvalue weighted by Gasteiger charge is 2.44. The summed E-state index contributed by atoms with van der Waals surface area (Å²) in [6.07, 6.45) is 0.282. The second-order valence-corrected chi connectivity index (χ2v) is 17.8. The van der Waals surface area contributed by atoms with E-state index in [2.05, 4.69) is 45.9 Å². The van der Waals surface area contributed by atoms with Crippen molar-refractivity contribution in [3.63, 3.8) is 0 Å². The summed E-state index contributed by atoms with van der Waals surface area (Å²) in [6, 6.07) is 0. The molecule has 0 saturated carbocycles. The minimum absolute atomic E-state index is 0.375. The van der Waals surface area contributed by atoms with Crippen molar-refractivity contribution in [1.29, 1.82) is 0 Å². The lowest BCUT2D eigenvalue weighted by Gasteiger charge is -2.44. The Balaban J connectivity index is 5.41. The summed E-state index contributed by atoms with van der Waals surface area (Å²) in [5.41, 5.74) is -0.368. The van der Waals surface area contributed by atoms with Gasteiger partial charge in [-0.05, 0) is 52.6 Å². The Bertz CT molecular complexity index is 367. The Kier molecular flexibility index (Phi) is 7.29. The number of esters is 1. The molecule has 0 aromatic carbocycles. The topological polar surface area (TPSA) is 44.8 Å². The average molecular weight is 349 g/mol. The van der Waals surface area contributed by atoms with Crippen molar-refractivity contribution in [2.75, 3.05) is 0 Å². The van der Waals surface area contributed by atoms with Crippen LogP contribution >= 0.6 is 0 Å². The Hall–Kier alpha value is -0.219. The fourth-order valence-corrected chi connectivity index (χ4v) is 9.22. The molecule has 1 atom stereocenters. The van der Waals surface area contributed by atoms with Crippen molar-refractivity contribution >= 4 is 32.8 Å². The third-order valence-corrected chi connectivity index (χ3v) is 6.48. The van der Waals surface area contributed by atoms with Gasteiger partial charge in [0.2, 0.25) is 0 Å². The molecule has 0 rings (SSSR count). The maximum Gasteiger partial charge on any atom is 0.333 e. The lowest BCUT2D eigenvalue weighted by atomic mass is 10.2. The fraction of sp³-hybridized carbons (Fsp3) is 0.786. The molecule has 0 radical (unpaired) electrons. The van der Waals surface area contributed by atoms with Crippen LogP contribution < -0.4 is 0 Å². The van der Waals surface area contributed by atoms with Gasteiger partial charge >= 0.3 is 5.97 Å². The van der Waals surface area contributed by atoms with Crippen LogP contribution in [0, 0.1) is 0 Å². The molecule has 0 aromatic heterocycles. The van der Waals surface area contributed by atoms with Gasteiger partial charge in [-0.15, -0.1) is 0 Å².